The molecule has 2 unspecified atom stereocenters. The van der Waals surface area contributed by atoms with E-state index >= 15 is 0 Å². The average molecular weight is 399 g/mol. The van der Waals surface area contributed by atoms with Gasteiger partial charge >= 0.3 is 0 Å². The summed E-state index contributed by atoms with van der Waals surface area (Å²) in [5.74, 6) is -0.413. The summed E-state index contributed by atoms with van der Waals surface area (Å²) in [7, 11) is -3.56. The van der Waals surface area contributed by atoms with Gasteiger partial charge in [-0.05, 0) is 31.5 Å². The van der Waals surface area contributed by atoms with Crippen LogP contribution in [-0.2, 0) is 26.2 Å². The first-order chi connectivity index (χ1) is 12.8. The van der Waals surface area contributed by atoms with Crippen molar-refractivity contribution in [3.05, 3.63) is 35.6 Å². The number of hydrogen-bond donors (Lipinski definition) is 0. The highest BCUT2D eigenvalue weighted by molar-refractivity contribution is 7.86. The lowest BCUT2D eigenvalue weighted by Crippen LogP contribution is -2.57. The fourth-order valence-electron chi connectivity index (χ4n) is 3.54. The first-order valence-electron chi connectivity index (χ1n) is 9.18. The third-order valence-electron chi connectivity index (χ3n) is 4.90. The van der Waals surface area contributed by atoms with E-state index in [1.165, 1.54) is 20.7 Å². The Labute approximate surface area is 159 Å². The largest absolute Gasteiger partial charge is 0.373 e. The van der Waals surface area contributed by atoms with E-state index in [-0.39, 0.29) is 43.4 Å². The maximum atomic E-state index is 13.0. The summed E-state index contributed by atoms with van der Waals surface area (Å²) in [5.41, 5.74) is 0.743. The van der Waals surface area contributed by atoms with Crippen LogP contribution in [-0.4, -0.2) is 79.3 Å². The predicted molar refractivity (Wildman–Crippen MR) is 98.8 cm³/mol. The Kier molecular flexibility index (Phi) is 6.15. The van der Waals surface area contributed by atoms with Gasteiger partial charge in [0.25, 0.3) is 10.2 Å². The molecule has 2 aliphatic rings. The molecular weight excluding hydrogens is 373 g/mol. The number of carbonyl (C=O) groups excluding carboxylic acids is 1. The molecule has 150 valence electrons. The summed E-state index contributed by atoms with van der Waals surface area (Å²) in [6, 6.07) is 5.85. The standard InChI is InChI=1S/C18H26FN3O4S/c1-14-12-22(13-15(2)26-14)27(24,25)21-9-7-20(8-10-21)18(23)11-16-3-5-17(19)6-4-16/h3-6,14-15H,7-13H2,1-2H3. The molecule has 0 aliphatic carbocycles. The number of piperazine rings is 1. The molecule has 0 N–H and O–H groups in total. The third kappa shape index (κ3) is 4.84. The lowest BCUT2D eigenvalue weighted by Gasteiger charge is -2.40. The highest BCUT2D eigenvalue weighted by Gasteiger charge is 2.37. The molecule has 0 saturated carbocycles. The van der Waals surface area contributed by atoms with E-state index < -0.39 is 10.2 Å². The minimum Gasteiger partial charge on any atom is -0.373 e. The van der Waals surface area contributed by atoms with Crippen molar-refractivity contribution >= 4 is 16.1 Å². The van der Waals surface area contributed by atoms with Gasteiger partial charge < -0.3 is 9.64 Å². The van der Waals surface area contributed by atoms with Gasteiger partial charge in [-0.3, -0.25) is 4.79 Å². The fourth-order valence-corrected chi connectivity index (χ4v) is 5.29. The molecule has 2 aliphatic heterocycles. The van der Waals surface area contributed by atoms with E-state index in [1.807, 2.05) is 13.8 Å². The molecular formula is C18H26FN3O4S. The van der Waals surface area contributed by atoms with E-state index in [2.05, 4.69) is 0 Å². The number of rotatable bonds is 4. The Bertz CT molecular complexity index is 753. The van der Waals surface area contributed by atoms with E-state index in [1.54, 1.807) is 17.0 Å². The Hall–Kier alpha value is -1.55. The molecule has 0 bridgehead atoms. The van der Waals surface area contributed by atoms with Gasteiger partial charge in [-0.15, -0.1) is 0 Å². The topological polar surface area (TPSA) is 70.2 Å². The van der Waals surface area contributed by atoms with E-state index in [4.69, 9.17) is 4.74 Å². The number of morpholine rings is 1. The molecule has 3 rings (SSSR count). The number of carbonyl (C=O) groups is 1. The zero-order chi connectivity index (χ0) is 19.6. The Balaban J connectivity index is 1.56. The van der Waals surface area contributed by atoms with Crippen molar-refractivity contribution in [3.8, 4) is 0 Å². The quantitative estimate of drug-likeness (QED) is 0.753. The van der Waals surface area contributed by atoms with Gasteiger partial charge in [0.05, 0.1) is 18.6 Å². The third-order valence-corrected chi connectivity index (χ3v) is 6.87. The van der Waals surface area contributed by atoms with Crippen LogP contribution in [0, 0.1) is 5.82 Å². The van der Waals surface area contributed by atoms with Crippen molar-refractivity contribution in [2.24, 2.45) is 0 Å². The first-order valence-corrected chi connectivity index (χ1v) is 10.6. The second-order valence-corrected chi connectivity index (χ2v) is 9.09. The summed E-state index contributed by atoms with van der Waals surface area (Å²) in [6.45, 7) is 5.68. The number of amides is 1. The maximum Gasteiger partial charge on any atom is 0.282 e. The van der Waals surface area contributed by atoms with Gasteiger partial charge in [-0.25, -0.2) is 4.39 Å². The van der Waals surface area contributed by atoms with Crippen molar-refractivity contribution in [1.82, 2.24) is 13.5 Å². The maximum absolute atomic E-state index is 13.0. The summed E-state index contributed by atoms with van der Waals surface area (Å²) in [4.78, 5) is 14.1. The monoisotopic (exact) mass is 399 g/mol. The Morgan fingerprint density at radius 1 is 1.04 bits per heavy atom. The smallest absolute Gasteiger partial charge is 0.282 e. The van der Waals surface area contributed by atoms with Crippen LogP contribution in [0.3, 0.4) is 0 Å². The average Bonchev–Trinajstić information content (AvgIpc) is 2.63. The molecule has 2 saturated heterocycles. The highest BCUT2D eigenvalue weighted by atomic mass is 32.2. The molecule has 1 amide bonds. The van der Waals surface area contributed by atoms with Crippen molar-refractivity contribution < 1.29 is 22.3 Å². The minimum absolute atomic E-state index is 0.0766. The van der Waals surface area contributed by atoms with Crippen LogP contribution >= 0.6 is 0 Å². The van der Waals surface area contributed by atoms with Crippen LogP contribution in [0.5, 0.6) is 0 Å². The van der Waals surface area contributed by atoms with Gasteiger partial charge in [0.15, 0.2) is 0 Å². The van der Waals surface area contributed by atoms with Crippen molar-refractivity contribution in [1.29, 1.82) is 0 Å². The molecule has 7 nitrogen and oxygen atoms in total. The van der Waals surface area contributed by atoms with Crippen molar-refractivity contribution in [3.63, 3.8) is 0 Å². The first kappa shape index (κ1) is 20.2. The van der Waals surface area contributed by atoms with Gasteiger partial charge in [-0.2, -0.15) is 17.0 Å². The van der Waals surface area contributed by atoms with Crippen LogP contribution in [0.1, 0.15) is 19.4 Å². The number of ether oxygens (including phenoxy) is 1. The summed E-state index contributed by atoms with van der Waals surface area (Å²) >= 11 is 0. The fraction of sp³-hybridized carbons (Fsp3) is 0.611. The number of nitrogens with zero attached hydrogens (tertiary/aromatic N) is 3. The molecule has 1 aromatic rings. The van der Waals surface area contributed by atoms with Gasteiger partial charge in [-0.1, -0.05) is 12.1 Å². The Morgan fingerprint density at radius 3 is 2.15 bits per heavy atom. The van der Waals surface area contributed by atoms with Crippen LogP contribution in [0.2, 0.25) is 0 Å². The molecule has 1 aromatic carbocycles. The highest BCUT2D eigenvalue weighted by Crippen LogP contribution is 2.19. The minimum atomic E-state index is -3.56. The SMILES string of the molecule is CC1CN(S(=O)(=O)N2CCN(C(=O)Cc3ccc(F)cc3)CC2)CC(C)O1. The summed E-state index contributed by atoms with van der Waals surface area (Å²) < 4.78 is 47.3. The van der Waals surface area contributed by atoms with Gasteiger partial charge in [0.2, 0.25) is 5.91 Å². The molecule has 27 heavy (non-hydrogen) atoms. The van der Waals surface area contributed by atoms with Crippen LogP contribution in [0.25, 0.3) is 0 Å². The van der Waals surface area contributed by atoms with Gasteiger partial charge in [0, 0.05) is 39.3 Å². The summed E-state index contributed by atoms with van der Waals surface area (Å²) in [5, 5.41) is 0. The molecule has 0 radical (unpaired) electrons. The number of halogens is 1. The molecule has 0 spiro atoms. The molecule has 2 fully saturated rings. The van der Waals surface area contributed by atoms with E-state index in [0.717, 1.165) is 5.56 Å². The zero-order valence-electron chi connectivity index (χ0n) is 15.7. The van der Waals surface area contributed by atoms with Crippen LogP contribution in [0.15, 0.2) is 24.3 Å². The lowest BCUT2D eigenvalue weighted by atomic mass is 10.1. The van der Waals surface area contributed by atoms with E-state index in [0.29, 0.717) is 26.2 Å². The van der Waals surface area contributed by atoms with Crippen molar-refractivity contribution in [2.75, 3.05) is 39.3 Å². The molecule has 0 aromatic heterocycles. The lowest BCUT2D eigenvalue weighted by molar-refractivity contribution is -0.131. The molecule has 2 heterocycles. The zero-order valence-corrected chi connectivity index (χ0v) is 16.5. The summed E-state index contributed by atoms with van der Waals surface area (Å²) in [6.07, 6.45) is -0.0879. The van der Waals surface area contributed by atoms with E-state index in [9.17, 15) is 17.6 Å². The number of benzene rings is 1. The molecule has 2 atom stereocenters. The van der Waals surface area contributed by atoms with Crippen LogP contribution in [0.4, 0.5) is 4.39 Å². The predicted octanol–water partition coefficient (Wildman–Crippen LogP) is 0.866. The van der Waals surface area contributed by atoms with Crippen molar-refractivity contribution in [2.45, 2.75) is 32.5 Å². The molecule has 9 heteroatoms. The van der Waals surface area contributed by atoms with Crippen LogP contribution < -0.4 is 0 Å². The Morgan fingerprint density at radius 2 is 1.59 bits per heavy atom. The van der Waals surface area contributed by atoms with Gasteiger partial charge in [0.1, 0.15) is 5.82 Å². The second-order valence-electron chi connectivity index (χ2n) is 7.17. The number of hydrogen-bond acceptors (Lipinski definition) is 4. The second kappa shape index (κ2) is 8.22. The normalized spacial score (nSPS) is 25.5.